The number of carbonyl (C=O) groups excluding carboxylic acids is 2. The first-order valence-corrected chi connectivity index (χ1v) is 7.40. The van der Waals surface area contributed by atoms with E-state index in [1.807, 2.05) is 30.3 Å². The van der Waals surface area contributed by atoms with E-state index < -0.39 is 0 Å². The fourth-order valence-corrected chi connectivity index (χ4v) is 3.18. The van der Waals surface area contributed by atoms with Crippen LogP contribution in [0.5, 0.6) is 0 Å². The van der Waals surface area contributed by atoms with Crippen molar-refractivity contribution in [1.29, 1.82) is 0 Å². The van der Waals surface area contributed by atoms with Gasteiger partial charge in [-0.05, 0) is 12.1 Å². The molecule has 1 aliphatic heterocycles. The van der Waals surface area contributed by atoms with E-state index in [2.05, 4.69) is 9.59 Å². The second kappa shape index (κ2) is 4.85. The van der Waals surface area contributed by atoms with Crippen LogP contribution in [0.15, 0.2) is 54.6 Å². The van der Waals surface area contributed by atoms with Gasteiger partial charge in [-0.2, -0.15) is 0 Å². The lowest BCUT2D eigenvalue weighted by molar-refractivity contribution is 0.0927. The molecule has 2 heterocycles. The van der Waals surface area contributed by atoms with Gasteiger partial charge in [-0.25, -0.2) is 4.90 Å². The van der Waals surface area contributed by atoms with Gasteiger partial charge in [0.15, 0.2) is 5.00 Å². The molecule has 1 aromatic heterocycles. The number of hydrogen-bond acceptors (Lipinski definition) is 5. The van der Waals surface area contributed by atoms with E-state index in [1.165, 1.54) is 0 Å². The van der Waals surface area contributed by atoms with Crippen LogP contribution in [0.4, 0.5) is 5.00 Å². The number of anilines is 1. The van der Waals surface area contributed by atoms with Crippen LogP contribution in [-0.4, -0.2) is 21.4 Å². The van der Waals surface area contributed by atoms with Gasteiger partial charge < -0.3 is 0 Å². The third-order valence-electron chi connectivity index (χ3n) is 3.52. The maximum Gasteiger partial charge on any atom is 0.266 e. The largest absolute Gasteiger partial charge is 0.268 e. The molecule has 0 saturated heterocycles. The number of nitrogens with zero attached hydrogens (tertiary/aromatic N) is 3. The predicted molar refractivity (Wildman–Crippen MR) is 82.9 cm³/mol. The maximum absolute atomic E-state index is 12.5. The molecule has 1 aliphatic rings. The molecule has 0 saturated carbocycles. The van der Waals surface area contributed by atoms with Crippen LogP contribution in [0.3, 0.4) is 0 Å². The number of imide groups is 1. The summed E-state index contributed by atoms with van der Waals surface area (Å²) in [4.78, 5) is 26.3. The molecule has 0 unspecified atom stereocenters. The minimum atomic E-state index is -0.330. The monoisotopic (exact) mass is 307 g/mol. The summed E-state index contributed by atoms with van der Waals surface area (Å²) in [6.07, 6.45) is 0. The lowest BCUT2D eigenvalue weighted by Gasteiger charge is -2.12. The van der Waals surface area contributed by atoms with E-state index in [0.29, 0.717) is 21.8 Å². The average Bonchev–Trinajstić information content (AvgIpc) is 3.13. The predicted octanol–water partition coefficient (Wildman–Crippen LogP) is 3.01. The fraction of sp³-hybridized carbons (Fsp3) is 0. The molecule has 0 fully saturated rings. The summed E-state index contributed by atoms with van der Waals surface area (Å²) in [5, 5.41) is 4.54. The molecular formula is C16H9N3O2S. The Morgan fingerprint density at radius 2 is 1.41 bits per heavy atom. The van der Waals surface area contributed by atoms with E-state index in [0.717, 1.165) is 22.0 Å². The van der Waals surface area contributed by atoms with Gasteiger partial charge in [-0.3, -0.25) is 9.59 Å². The summed E-state index contributed by atoms with van der Waals surface area (Å²) in [6, 6.07) is 16.2. The van der Waals surface area contributed by atoms with Gasteiger partial charge in [-0.1, -0.05) is 47.0 Å². The SMILES string of the molecule is O=C1c2ccccc2C(=O)N1c1snnc1-c1ccccc1. The Kier molecular flexibility index (Phi) is 2.83. The van der Waals surface area contributed by atoms with Gasteiger partial charge in [0.05, 0.1) is 11.1 Å². The van der Waals surface area contributed by atoms with Crippen LogP contribution >= 0.6 is 11.5 Å². The summed E-state index contributed by atoms with van der Waals surface area (Å²) < 4.78 is 3.92. The molecule has 0 spiro atoms. The van der Waals surface area contributed by atoms with E-state index in [9.17, 15) is 9.59 Å². The van der Waals surface area contributed by atoms with Gasteiger partial charge in [0.2, 0.25) is 0 Å². The third kappa shape index (κ3) is 1.78. The molecule has 0 aliphatic carbocycles. The third-order valence-corrected chi connectivity index (χ3v) is 4.23. The molecule has 2 amide bonds. The number of amides is 2. The molecule has 0 N–H and O–H groups in total. The number of rotatable bonds is 2. The zero-order valence-corrected chi connectivity index (χ0v) is 12.1. The fourth-order valence-electron chi connectivity index (χ4n) is 2.48. The van der Waals surface area contributed by atoms with Crippen molar-refractivity contribution in [2.45, 2.75) is 0 Å². The molecule has 5 nitrogen and oxygen atoms in total. The topological polar surface area (TPSA) is 63.2 Å². The number of carbonyl (C=O) groups is 2. The second-order valence-corrected chi connectivity index (χ2v) is 5.52. The first-order valence-electron chi connectivity index (χ1n) is 6.63. The van der Waals surface area contributed by atoms with Crippen molar-refractivity contribution in [2.75, 3.05) is 4.90 Å². The summed E-state index contributed by atoms with van der Waals surface area (Å²) >= 11 is 1.04. The second-order valence-electron chi connectivity index (χ2n) is 4.78. The Morgan fingerprint density at radius 3 is 2.05 bits per heavy atom. The Balaban J connectivity index is 1.84. The highest BCUT2D eigenvalue weighted by atomic mass is 32.1. The molecule has 0 atom stereocenters. The van der Waals surface area contributed by atoms with Crippen molar-refractivity contribution in [1.82, 2.24) is 9.59 Å². The highest BCUT2D eigenvalue weighted by molar-refractivity contribution is 7.11. The van der Waals surface area contributed by atoms with Crippen molar-refractivity contribution >= 4 is 28.3 Å². The molecule has 0 bridgehead atoms. The normalized spacial score (nSPS) is 13.5. The van der Waals surface area contributed by atoms with Gasteiger partial charge in [-0.15, -0.1) is 5.10 Å². The Hall–Kier alpha value is -2.86. The quantitative estimate of drug-likeness (QED) is 0.683. The summed E-state index contributed by atoms with van der Waals surface area (Å²) in [5.41, 5.74) is 2.20. The Labute approximate surface area is 130 Å². The first-order chi connectivity index (χ1) is 10.8. The summed E-state index contributed by atoms with van der Waals surface area (Å²) in [7, 11) is 0. The van der Waals surface area contributed by atoms with Gasteiger partial charge >= 0.3 is 0 Å². The maximum atomic E-state index is 12.5. The van der Waals surface area contributed by atoms with Crippen molar-refractivity contribution < 1.29 is 9.59 Å². The summed E-state index contributed by atoms with van der Waals surface area (Å²) in [6.45, 7) is 0. The Bertz CT molecular complexity index is 854. The van der Waals surface area contributed by atoms with Crippen molar-refractivity contribution in [3.8, 4) is 11.3 Å². The first kappa shape index (κ1) is 12.8. The van der Waals surface area contributed by atoms with Crippen LogP contribution in [0.2, 0.25) is 0 Å². The lowest BCUT2D eigenvalue weighted by Crippen LogP contribution is -2.29. The highest BCUT2D eigenvalue weighted by Gasteiger charge is 2.39. The van der Waals surface area contributed by atoms with Crippen LogP contribution < -0.4 is 4.90 Å². The van der Waals surface area contributed by atoms with Crippen LogP contribution in [0.1, 0.15) is 20.7 Å². The zero-order valence-electron chi connectivity index (χ0n) is 11.3. The number of aromatic nitrogens is 2. The minimum Gasteiger partial charge on any atom is -0.268 e. The molecule has 6 heteroatoms. The van der Waals surface area contributed by atoms with E-state index in [4.69, 9.17) is 0 Å². The molecule has 2 aromatic carbocycles. The molecule has 4 rings (SSSR count). The molecule has 22 heavy (non-hydrogen) atoms. The van der Waals surface area contributed by atoms with Gasteiger partial charge in [0, 0.05) is 17.1 Å². The van der Waals surface area contributed by atoms with Crippen molar-refractivity contribution in [3.63, 3.8) is 0 Å². The van der Waals surface area contributed by atoms with Crippen molar-refractivity contribution in [2.24, 2.45) is 0 Å². The number of fused-ring (bicyclic) bond motifs is 1. The summed E-state index contributed by atoms with van der Waals surface area (Å²) in [5.74, 6) is -0.660. The number of hydrogen-bond donors (Lipinski definition) is 0. The minimum absolute atomic E-state index is 0.330. The van der Waals surface area contributed by atoms with Gasteiger partial charge in [0.1, 0.15) is 5.69 Å². The van der Waals surface area contributed by atoms with E-state index in [-0.39, 0.29) is 11.8 Å². The molecule has 0 radical (unpaired) electrons. The number of benzene rings is 2. The van der Waals surface area contributed by atoms with E-state index >= 15 is 0 Å². The molecule has 106 valence electrons. The van der Waals surface area contributed by atoms with Crippen LogP contribution in [-0.2, 0) is 0 Å². The van der Waals surface area contributed by atoms with Crippen LogP contribution in [0.25, 0.3) is 11.3 Å². The zero-order chi connectivity index (χ0) is 15.1. The highest BCUT2D eigenvalue weighted by Crippen LogP contribution is 2.36. The van der Waals surface area contributed by atoms with E-state index in [1.54, 1.807) is 24.3 Å². The van der Waals surface area contributed by atoms with Crippen LogP contribution in [0, 0.1) is 0 Å². The lowest BCUT2D eigenvalue weighted by atomic mass is 10.1. The smallest absolute Gasteiger partial charge is 0.266 e. The molecule has 3 aromatic rings. The van der Waals surface area contributed by atoms with Crippen molar-refractivity contribution in [3.05, 3.63) is 65.7 Å². The Morgan fingerprint density at radius 1 is 0.818 bits per heavy atom. The standard InChI is InChI=1S/C16H9N3O2S/c20-14-11-8-4-5-9-12(11)15(21)19(14)16-13(17-18-22-16)10-6-2-1-3-7-10/h1-9H. The molecular weight excluding hydrogens is 298 g/mol. The average molecular weight is 307 g/mol. The van der Waals surface area contributed by atoms with Gasteiger partial charge in [0.25, 0.3) is 11.8 Å².